The molecule has 0 aliphatic carbocycles. The van der Waals surface area contributed by atoms with Crippen molar-refractivity contribution in [1.29, 1.82) is 0 Å². The zero-order valence-corrected chi connectivity index (χ0v) is 16.7. The predicted octanol–water partition coefficient (Wildman–Crippen LogP) is 4.63. The van der Waals surface area contributed by atoms with E-state index in [1.54, 1.807) is 6.92 Å². The van der Waals surface area contributed by atoms with Crippen LogP contribution < -0.4 is 5.32 Å². The number of carbonyl (C=O) groups excluding carboxylic acids is 2. The van der Waals surface area contributed by atoms with Crippen molar-refractivity contribution in [3.8, 4) is 0 Å². The number of rotatable bonds is 8. The SMILES string of the molecule is CCC[C@H](Sc1nnc(NC(=O)c2ccc(C(F)(F)F)cc2)s1)C(=O)OCC. The van der Waals surface area contributed by atoms with Crippen LogP contribution in [-0.4, -0.2) is 33.9 Å². The fourth-order valence-corrected chi connectivity index (χ4v) is 4.23. The zero-order chi connectivity index (χ0) is 20.7. The second-order valence-corrected chi connectivity index (χ2v) is 7.98. The van der Waals surface area contributed by atoms with E-state index in [2.05, 4.69) is 15.5 Å². The van der Waals surface area contributed by atoms with E-state index < -0.39 is 22.9 Å². The molecule has 1 heterocycles. The van der Waals surface area contributed by atoms with Crippen molar-refractivity contribution in [2.75, 3.05) is 11.9 Å². The molecule has 0 aliphatic heterocycles. The molecule has 6 nitrogen and oxygen atoms in total. The first-order valence-electron chi connectivity index (χ1n) is 8.40. The summed E-state index contributed by atoms with van der Waals surface area (Å²) in [6, 6.07) is 3.86. The van der Waals surface area contributed by atoms with E-state index in [0.29, 0.717) is 10.8 Å². The first-order valence-corrected chi connectivity index (χ1v) is 10.1. The van der Waals surface area contributed by atoms with Gasteiger partial charge in [0, 0.05) is 5.56 Å². The van der Waals surface area contributed by atoms with Crippen LogP contribution in [0.1, 0.15) is 42.6 Å². The van der Waals surface area contributed by atoms with Crippen LogP contribution in [0.2, 0.25) is 0 Å². The van der Waals surface area contributed by atoms with Crippen molar-refractivity contribution < 1.29 is 27.5 Å². The maximum Gasteiger partial charge on any atom is 0.416 e. The number of nitrogens with one attached hydrogen (secondary N) is 1. The summed E-state index contributed by atoms with van der Waals surface area (Å²) in [5, 5.41) is 10.0. The van der Waals surface area contributed by atoms with Crippen LogP contribution in [0.15, 0.2) is 28.6 Å². The fourth-order valence-electron chi connectivity index (χ4n) is 2.13. The molecule has 0 bridgehead atoms. The van der Waals surface area contributed by atoms with Crippen molar-refractivity contribution in [2.24, 2.45) is 0 Å². The Hall–Kier alpha value is -2.14. The van der Waals surface area contributed by atoms with E-state index in [1.807, 2.05) is 6.92 Å². The molecular formula is C17H18F3N3O3S2. The van der Waals surface area contributed by atoms with Crippen molar-refractivity contribution in [1.82, 2.24) is 10.2 Å². The Labute approximate surface area is 167 Å². The minimum atomic E-state index is -4.46. The van der Waals surface area contributed by atoms with E-state index in [1.165, 1.54) is 11.8 Å². The lowest BCUT2D eigenvalue weighted by Gasteiger charge is -2.11. The van der Waals surface area contributed by atoms with Crippen molar-refractivity contribution in [2.45, 2.75) is 42.5 Å². The van der Waals surface area contributed by atoms with Crippen LogP contribution in [0, 0.1) is 0 Å². The highest BCUT2D eigenvalue weighted by Gasteiger charge is 2.30. The molecule has 1 amide bonds. The van der Waals surface area contributed by atoms with Crippen molar-refractivity contribution in [3.63, 3.8) is 0 Å². The number of amides is 1. The third kappa shape index (κ3) is 6.20. The first-order chi connectivity index (χ1) is 13.2. The summed E-state index contributed by atoms with van der Waals surface area (Å²) in [6.45, 7) is 3.96. The molecule has 0 fully saturated rings. The number of nitrogens with zero attached hydrogens (tertiary/aromatic N) is 2. The lowest BCUT2D eigenvalue weighted by molar-refractivity contribution is -0.142. The Balaban J connectivity index is 2.01. The predicted molar refractivity (Wildman–Crippen MR) is 100 cm³/mol. The molecule has 0 saturated carbocycles. The van der Waals surface area contributed by atoms with Gasteiger partial charge < -0.3 is 4.74 Å². The molecule has 0 aliphatic rings. The van der Waals surface area contributed by atoms with Crippen LogP contribution >= 0.6 is 23.1 Å². The molecule has 0 saturated heterocycles. The summed E-state index contributed by atoms with van der Waals surface area (Å²) in [4.78, 5) is 24.1. The molecule has 1 aromatic carbocycles. The molecular weight excluding hydrogens is 415 g/mol. The molecule has 1 aromatic heterocycles. The van der Waals surface area contributed by atoms with E-state index in [9.17, 15) is 22.8 Å². The number of anilines is 1. The molecule has 28 heavy (non-hydrogen) atoms. The summed E-state index contributed by atoms with van der Waals surface area (Å²) in [7, 11) is 0. The van der Waals surface area contributed by atoms with Crippen molar-refractivity contribution >= 4 is 40.1 Å². The third-order valence-electron chi connectivity index (χ3n) is 3.44. The Bertz CT molecular complexity index is 810. The van der Waals surface area contributed by atoms with Gasteiger partial charge in [-0.05, 0) is 37.6 Å². The first kappa shape index (κ1) is 22.2. The molecule has 2 rings (SSSR count). The number of aromatic nitrogens is 2. The number of esters is 1. The second kappa shape index (κ2) is 9.87. The summed E-state index contributed by atoms with van der Waals surface area (Å²) >= 11 is 2.28. The summed E-state index contributed by atoms with van der Waals surface area (Å²) < 4.78 is 43.3. The lowest BCUT2D eigenvalue weighted by atomic mass is 10.1. The van der Waals surface area contributed by atoms with Gasteiger partial charge >= 0.3 is 12.1 Å². The normalized spacial score (nSPS) is 12.5. The third-order valence-corrected chi connectivity index (χ3v) is 5.61. The number of ether oxygens (including phenoxy) is 1. The van der Waals surface area contributed by atoms with E-state index in [4.69, 9.17) is 4.74 Å². The standard InChI is InChI=1S/C17H18F3N3O3S2/c1-3-5-12(14(25)26-4-2)27-16-23-22-15(28-16)21-13(24)10-6-8-11(9-7-10)17(18,19)20/h6-9,12H,3-5H2,1-2H3,(H,21,22,24)/t12-/m0/s1. The second-order valence-electron chi connectivity index (χ2n) is 5.55. The van der Waals surface area contributed by atoms with Crippen LogP contribution in [-0.2, 0) is 15.7 Å². The summed E-state index contributed by atoms with van der Waals surface area (Å²) in [5.41, 5.74) is -0.771. The minimum absolute atomic E-state index is 0.0628. The van der Waals surface area contributed by atoms with Gasteiger partial charge in [-0.25, -0.2) is 0 Å². The van der Waals surface area contributed by atoms with Gasteiger partial charge in [0.15, 0.2) is 4.34 Å². The highest BCUT2D eigenvalue weighted by Crippen LogP contribution is 2.32. The van der Waals surface area contributed by atoms with Crippen LogP contribution in [0.4, 0.5) is 18.3 Å². The largest absolute Gasteiger partial charge is 0.465 e. The van der Waals surface area contributed by atoms with E-state index in [0.717, 1.165) is 42.0 Å². The maximum atomic E-state index is 12.6. The zero-order valence-electron chi connectivity index (χ0n) is 15.1. The van der Waals surface area contributed by atoms with Gasteiger partial charge in [-0.3, -0.25) is 14.9 Å². The van der Waals surface area contributed by atoms with Gasteiger partial charge in [-0.2, -0.15) is 13.2 Å². The van der Waals surface area contributed by atoms with E-state index in [-0.39, 0.29) is 23.3 Å². The van der Waals surface area contributed by atoms with Gasteiger partial charge in [0.25, 0.3) is 5.91 Å². The van der Waals surface area contributed by atoms with Gasteiger partial charge in [0.1, 0.15) is 5.25 Å². The number of alkyl halides is 3. The smallest absolute Gasteiger partial charge is 0.416 e. The highest BCUT2D eigenvalue weighted by atomic mass is 32.2. The number of halogens is 3. The molecule has 0 spiro atoms. The quantitative estimate of drug-likeness (QED) is 0.371. The Morgan fingerprint density at radius 2 is 1.89 bits per heavy atom. The molecule has 152 valence electrons. The number of hydrogen-bond acceptors (Lipinski definition) is 7. The lowest BCUT2D eigenvalue weighted by Crippen LogP contribution is -2.20. The van der Waals surface area contributed by atoms with Crippen LogP contribution in [0.3, 0.4) is 0 Å². The molecule has 0 radical (unpaired) electrons. The Kier molecular flexibility index (Phi) is 7.81. The number of hydrogen-bond donors (Lipinski definition) is 1. The fraction of sp³-hybridized carbons (Fsp3) is 0.412. The molecule has 2 aromatic rings. The molecule has 1 atom stereocenters. The average Bonchev–Trinajstić information content (AvgIpc) is 3.08. The highest BCUT2D eigenvalue weighted by molar-refractivity contribution is 8.02. The van der Waals surface area contributed by atoms with Crippen LogP contribution in [0.5, 0.6) is 0 Å². The minimum Gasteiger partial charge on any atom is -0.465 e. The van der Waals surface area contributed by atoms with Gasteiger partial charge in [-0.15, -0.1) is 10.2 Å². The van der Waals surface area contributed by atoms with E-state index >= 15 is 0 Å². The van der Waals surface area contributed by atoms with Gasteiger partial charge in [0.2, 0.25) is 5.13 Å². The molecule has 11 heteroatoms. The number of benzene rings is 1. The van der Waals surface area contributed by atoms with Crippen LogP contribution in [0.25, 0.3) is 0 Å². The van der Waals surface area contributed by atoms with Gasteiger partial charge in [0.05, 0.1) is 12.2 Å². The maximum absolute atomic E-state index is 12.6. The number of carbonyl (C=O) groups is 2. The average molecular weight is 433 g/mol. The Morgan fingerprint density at radius 1 is 1.21 bits per heavy atom. The van der Waals surface area contributed by atoms with Crippen molar-refractivity contribution in [3.05, 3.63) is 35.4 Å². The topological polar surface area (TPSA) is 81.2 Å². The molecule has 1 N–H and O–H groups in total. The summed E-state index contributed by atoms with van der Waals surface area (Å²) in [6.07, 6.45) is -3.07. The monoisotopic (exact) mass is 433 g/mol. The van der Waals surface area contributed by atoms with Gasteiger partial charge in [-0.1, -0.05) is 36.4 Å². The molecule has 0 unspecified atom stereocenters. The number of thioether (sulfide) groups is 1. The Morgan fingerprint density at radius 3 is 2.46 bits per heavy atom. The summed E-state index contributed by atoms with van der Waals surface area (Å²) in [5.74, 6) is -0.934.